The Hall–Kier alpha value is -4.02. The van der Waals surface area contributed by atoms with Crippen LogP contribution < -0.4 is 14.5 Å². The lowest BCUT2D eigenvalue weighted by atomic mass is 9.92. The van der Waals surface area contributed by atoms with Crippen LogP contribution >= 0.6 is 0 Å². The van der Waals surface area contributed by atoms with Gasteiger partial charge in [-0.2, -0.15) is 0 Å². The zero-order valence-corrected chi connectivity index (χ0v) is 27.7. The van der Waals surface area contributed by atoms with E-state index in [1.807, 2.05) is 0 Å². The normalized spacial score (nSPS) is 13.6. The van der Waals surface area contributed by atoms with E-state index < -0.39 is 0 Å². The zero-order chi connectivity index (χ0) is 31.5. The van der Waals surface area contributed by atoms with Crippen LogP contribution in [-0.2, 0) is 11.3 Å². The molecule has 1 heterocycles. The summed E-state index contributed by atoms with van der Waals surface area (Å²) in [7, 11) is 0. The molecule has 0 bridgehead atoms. The summed E-state index contributed by atoms with van der Waals surface area (Å²) >= 11 is 0. The topological polar surface area (TPSA) is 24.9 Å². The van der Waals surface area contributed by atoms with Gasteiger partial charge in [0.25, 0.3) is 0 Å². The second-order valence-corrected chi connectivity index (χ2v) is 13.0. The Labute approximate surface area is 269 Å². The average Bonchev–Trinajstić information content (AvgIpc) is 3.50. The highest BCUT2D eigenvalue weighted by Gasteiger charge is 2.29. The molecule has 5 aromatic rings. The number of benzene rings is 5. The van der Waals surface area contributed by atoms with Crippen molar-refractivity contribution in [3.05, 3.63) is 119 Å². The van der Waals surface area contributed by atoms with Crippen molar-refractivity contribution in [3.63, 3.8) is 0 Å². The van der Waals surface area contributed by atoms with Gasteiger partial charge in [-0.1, -0.05) is 94.4 Å². The molecule has 6 rings (SSSR count). The second-order valence-electron chi connectivity index (χ2n) is 13.0. The number of hydrogen-bond donors (Lipinski definition) is 0. The molecular formula is C41H46N2O2. The highest BCUT2D eigenvalue weighted by Crippen LogP contribution is 2.40. The minimum absolute atomic E-state index is 0.456. The fourth-order valence-corrected chi connectivity index (χ4v) is 6.81. The molecule has 4 heteroatoms. The molecule has 232 valence electrons. The van der Waals surface area contributed by atoms with Crippen LogP contribution in [0.1, 0.15) is 73.8 Å². The number of para-hydroxylation sites is 1. The molecule has 1 aliphatic rings. The molecule has 0 saturated carbocycles. The summed E-state index contributed by atoms with van der Waals surface area (Å²) in [4.78, 5) is 4.63. The quantitative estimate of drug-likeness (QED) is 0.112. The lowest BCUT2D eigenvalue weighted by Gasteiger charge is -2.28. The first kappa shape index (κ1) is 31.0. The third-order valence-electron chi connectivity index (χ3n) is 8.97. The van der Waals surface area contributed by atoms with Crippen molar-refractivity contribution in [2.45, 2.75) is 66.4 Å². The van der Waals surface area contributed by atoms with Gasteiger partial charge >= 0.3 is 0 Å². The highest BCUT2D eigenvalue weighted by atomic mass is 16.5. The van der Waals surface area contributed by atoms with Gasteiger partial charge in [-0.05, 0) is 93.2 Å². The molecular weight excluding hydrogens is 552 g/mol. The maximum Gasteiger partial charge on any atom is 0.208 e. The van der Waals surface area contributed by atoms with Crippen LogP contribution in [0, 0.1) is 20.5 Å². The number of hydrogen-bond acceptors (Lipinski definition) is 4. The molecule has 2 radical (unpaired) electrons. The maximum absolute atomic E-state index is 6.22. The van der Waals surface area contributed by atoms with E-state index in [1.165, 1.54) is 60.7 Å². The van der Waals surface area contributed by atoms with Crippen LogP contribution in [0.3, 0.4) is 0 Å². The summed E-state index contributed by atoms with van der Waals surface area (Å²) in [6.07, 6.45) is 0.832. The standard InChI is InChI=1S/C41H46N2O2/c1-28(2)35-17-11-18-36(29(3)4)41(35)43-20-19-42(27-43)40-30(5)23-34(24-31(40)6)45-22-12-21-44-26-39-37-15-9-7-13-32(37)25-33-14-8-10-16-38(33)39/h7-11,13-18,23-25,28-29H,12,19-22,26H2,1-6H3. The number of fused-ring (bicyclic) bond motifs is 2. The first-order chi connectivity index (χ1) is 21.8. The van der Waals surface area contributed by atoms with Crippen LogP contribution in [0.25, 0.3) is 21.5 Å². The first-order valence-corrected chi connectivity index (χ1v) is 16.5. The highest BCUT2D eigenvalue weighted by molar-refractivity contribution is 6.02. The Kier molecular flexibility index (Phi) is 9.32. The molecule has 0 amide bonds. The van der Waals surface area contributed by atoms with Crippen molar-refractivity contribution in [1.82, 2.24) is 0 Å². The summed E-state index contributed by atoms with van der Waals surface area (Å²) in [5.41, 5.74) is 9.01. The predicted octanol–water partition coefficient (Wildman–Crippen LogP) is 10.2. The molecule has 1 fully saturated rings. The van der Waals surface area contributed by atoms with Gasteiger partial charge in [-0.15, -0.1) is 0 Å². The molecule has 0 aliphatic carbocycles. The Bertz CT molecular complexity index is 1690. The fourth-order valence-electron chi connectivity index (χ4n) is 6.81. The van der Waals surface area contributed by atoms with Gasteiger partial charge in [0, 0.05) is 30.9 Å². The SMILES string of the molecule is Cc1cc(OCCCOCc2c3ccccc3cc3ccccc23)cc(C)c1N1[C]N(c2c(C(C)C)cccc2C(C)C)CC1. The molecule has 0 unspecified atom stereocenters. The summed E-state index contributed by atoms with van der Waals surface area (Å²) in [6.45, 7) is 20.9. The first-order valence-electron chi connectivity index (χ1n) is 16.5. The minimum atomic E-state index is 0.456. The largest absolute Gasteiger partial charge is 0.493 e. The van der Waals surface area contributed by atoms with Gasteiger partial charge in [0.1, 0.15) is 5.75 Å². The lowest BCUT2D eigenvalue weighted by Crippen LogP contribution is -2.22. The molecule has 0 atom stereocenters. The fraction of sp³-hybridized carbons (Fsp3) is 0.341. The lowest BCUT2D eigenvalue weighted by molar-refractivity contribution is 0.108. The summed E-state index contributed by atoms with van der Waals surface area (Å²) in [5, 5.41) is 5.03. The molecule has 5 aromatic carbocycles. The van der Waals surface area contributed by atoms with E-state index in [2.05, 4.69) is 143 Å². The van der Waals surface area contributed by atoms with E-state index in [4.69, 9.17) is 9.47 Å². The van der Waals surface area contributed by atoms with Crippen LogP contribution in [0.5, 0.6) is 5.75 Å². The molecule has 0 aromatic heterocycles. The average molecular weight is 599 g/mol. The maximum atomic E-state index is 6.22. The zero-order valence-electron chi connectivity index (χ0n) is 27.7. The number of anilines is 2. The smallest absolute Gasteiger partial charge is 0.208 e. The van der Waals surface area contributed by atoms with Crippen LogP contribution in [0.15, 0.2) is 84.9 Å². The Morgan fingerprint density at radius 2 is 1.22 bits per heavy atom. The van der Waals surface area contributed by atoms with E-state index in [9.17, 15) is 0 Å². The summed E-state index contributed by atoms with van der Waals surface area (Å²) < 4.78 is 12.4. The Morgan fingerprint density at radius 1 is 0.667 bits per heavy atom. The second kappa shape index (κ2) is 13.5. The number of nitrogens with zero attached hydrogens (tertiary/aromatic N) is 2. The van der Waals surface area contributed by atoms with Crippen molar-refractivity contribution < 1.29 is 9.47 Å². The molecule has 1 saturated heterocycles. The van der Waals surface area contributed by atoms with Crippen molar-refractivity contribution in [3.8, 4) is 5.75 Å². The number of rotatable bonds is 11. The summed E-state index contributed by atoms with van der Waals surface area (Å²) in [6, 6.07) is 30.5. The van der Waals surface area contributed by atoms with Crippen LogP contribution in [-0.4, -0.2) is 26.3 Å². The minimum Gasteiger partial charge on any atom is -0.493 e. The van der Waals surface area contributed by atoms with Gasteiger partial charge in [0.05, 0.1) is 19.8 Å². The van der Waals surface area contributed by atoms with Crippen LogP contribution in [0.2, 0.25) is 0 Å². The Balaban J connectivity index is 1.06. The van der Waals surface area contributed by atoms with Crippen molar-refractivity contribution in [2.24, 2.45) is 0 Å². The monoisotopic (exact) mass is 598 g/mol. The van der Waals surface area contributed by atoms with E-state index in [-0.39, 0.29) is 0 Å². The van der Waals surface area contributed by atoms with Crippen LogP contribution in [0.4, 0.5) is 11.4 Å². The van der Waals surface area contributed by atoms with E-state index in [0.29, 0.717) is 31.7 Å². The Morgan fingerprint density at radius 3 is 1.80 bits per heavy atom. The molecule has 4 nitrogen and oxygen atoms in total. The third kappa shape index (κ3) is 6.53. The number of ether oxygens (including phenoxy) is 2. The van der Waals surface area contributed by atoms with Gasteiger partial charge in [0.2, 0.25) is 6.67 Å². The molecule has 45 heavy (non-hydrogen) atoms. The van der Waals surface area contributed by atoms with Crippen molar-refractivity contribution in [1.29, 1.82) is 0 Å². The van der Waals surface area contributed by atoms with E-state index in [1.54, 1.807) is 0 Å². The van der Waals surface area contributed by atoms with Gasteiger partial charge < -0.3 is 19.3 Å². The van der Waals surface area contributed by atoms with Gasteiger partial charge in [-0.3, -0.25) is 0 Å². The third-order valence-corrected chi connectivity index (χ3v) is 8.97. The molecule has 0 N–H and O–H groups in total. The number of aryl methyl sites for hydroxylation is 2. The predicted molar refractivity (Wildman–Crippen MR) is 190 cm³/mol. The van der Waals surface area contributed by atoms with Crippen molar-refractivity contribution >= 4 is 32.9 Å². The molecule has 0 spiro atoms. The molecule has 1 aliphatic heterocycles. The summed E-state index contributed by atoms with van der Waals surface area (Å²) in [5.74, 6) is 1.83. The van der Waals surface area contributed by atoms with E-state index >= 15 is 0 Å². The van der Waals surface area contributed by atoms with Gasteiger partial charge in [-0.25, -0.2) is 0 Å². The van der Waals surface area contributed by atoms with E-state index in [0.717, 1.165) is 25.3 Å². The van der Waals surface area contributed by atoms with Gasteiger partial charge in [0.15, 0.2) is 0 Å². The van der Waals surface area contributed by atoms with Crippen molar-refractivity contribution in [2.75, 3.05) is 36.1 Å².